The van der Waals surface area contributed by atoms with Gasteiger partial charge in [0.2, 0.25) is 5.91 Å². The van der Waals surface area contributed by atoms with Gasteiger partial charge in [0, 0.05) is 5.75 Å². The van der Waals surface area contributed by atoms with E-state index in [2.05, 4.69) is 4.74 Å². The summed E-state index contributed by atoms with van der Waals surface area (Å²) < 4.78 is 19.2. The lowest BCUT2D eigenvalue weighted by molar-refractivity contribution is -0.156. The summed E-state index contributed by atoms with van der Waals surface area (Å²) in [6.45, 7) is 2.90. The number of rotatable bonds is 7. The van der Waals surface area contributed by atoms with E-state index in [0.717, 1.165) is 0 Å². The fraction of sp³-hybridized carbons (Fsp3) is 0.600. The number of carbonyl (C=O) groups excluding carboxylic acids is 4. The Hall–Kier alpha value is -2.43. The molecular formula is C15H20N2O8S. The molecule has 11 heteroatoms. The molecule has 1 unspecified atom stereocenters. The van der Waals surface area contributed by atoms with Crippen LogP contribution in [0.1, 0.15) is 13.8 Å². The van der Waals surface area contributed by atoms with Crippen LogP contribution in [0.15, 0.2) is 11.8 Å². The molecule has 0 aliphatic carbocycles. The van der Waals surface area contributed by atoms with Crippen molar-refractivity contribution in [3.05, 3.63) is 11.8 Å². The summed E-state index contributed by atoms with van der Waals surface area (Å²) >= 11 is 1.44. The van der Waals surface area contributed by atoms with E-state index in [-0.39, 0.29) is 42.9 Å². The van der Waals surface area contributed by atoms with Crippen molar-refractivity contribution in [2.45, 2.75) is 25.3 Å². The van der Waals surface area contributed by atoms with Gasteiger partial charge in [0.1, 0.15) is 31.4 Å². The maximum absolute atomic E-state index is 12.2. The van der Waals surface area contributed by atoms with E-state index >= 15 is 0 Å². The average molecular weight is 388 g/mol. The molecule has 0 aromatic rings. The Balaban J connectivity index is 1.79. The second kappa shape index (κ2) is 8.79. The summed E-state index contributed by atoms with van der Waals surface area (Å²) in [5, 5.41) is -0.313. The lowest BCUT2D eigenvalue weighted by Gasteiger charge is -2.48. The van der Waals surface area contributed by atoms with Gasteiger partial charge in [-0.05, 0) is 19.9 Å². The molecule has 10 nitrogen and oxygen atoms in total. The number of nitrogens with zero attached hydrogens (tertiary/aromatic N) is 1. The number of hydrogen-bond donors (Lipinski definition) is 1. The predicted octanol–water partition coefficient (Wildman–Crippen LogP) is 0.602. The fourth-order valence-electron chi connectivity index (χ4n) is 2.36. The molecule has 0 spiro atoms. The van der Waals surface area contributed by atoms with Crippen molar-refractivity contribution in [3.63, 3.8) is 0 Å². The van der Waals surface area contributed by atoms with Crippen molar-refractivity contribution >= 4 is 35.9 Å². The third-order valence-electron chi connectivity index (χ3n) is 3.44. The van der Waals surface area contributed by atoms with Crippen LogP contribution in [-0.2, 0) is 28.5 Å². The van der Waals surface area contributed by atoms with Crippen LogP contribution in [-0.4, -0.2) is 66.1 Å². The quantitative estimate of drug-likeness (QED) is 0.288. The molecule has 2 aliphatic heterocycles. The molecule has 0 saturated carbocycles. The molecule has 2 atom stereocenters. The molecule has 144 valence electrons. The molecule has 1 saturated heterocycles. The van der Waals surface area contributed by atoms with Crippen molar-refractivity contribution < 1.29 is 38.1 Å². The van der Waals surface area contributed by atoms with Gasteiger partial charge in [0.15, 0.2) is 0 Å². The van der Waals surface area contributed by atoms with E-state index in [0.29, 0.717) is 5.75 Å². The molecular weight excluding hydrogens is 368 g/mol. The smallest absolute Gasteiger partial charge is 0.457 e. The summed E-state index contributed by atoms with van der Waals surface area (Å²) in [6.07, 6.45) is -0.529. The number of primary amides is 1. The lowest BCUT2D eigenvalue weighted by atomic mass is 9.97. The van der Waals surface area contributed by atoms with E-state index in [1.807, 2.05) is 0 Å². The second-order valence-electron chi connectivity index (χ2n) is 5.66. The Labute approximate surface area is 153 Å². The number of carbonyl (C=O) groups is 4. The highest BCUT2D eigenvalue weighted by Crippen LogP contribution is 2.41. The van der Waals surface area contributed by atoms with Crippen LogP contribution in [0.25, 0.3) is 0 Å². The Morgan fingerprint density at radius 1 is 1.27 bits per heavy atom. The molecule has 2 heterocycles. The van der Waals surface area contributed by atoms with Crippen molar-refractivity contribution in [1.82, 2.24) is 4.90 Å². The Morgan fingerprint density at radius 2 is 1.96 bits per heavy atom. The molecule has 2 aliphatic rings. The third-order valence-corrected chi connectivity index (χ3v) is 4.68. The highest BCUT2D eigenvalue weighted by atomic mass is 32.2. The second-order valence-corrected chi connectivity index (χ2v) is 6.81. The van der Waals surface area contributed by atoms with Gasteiger partial charge in [0.25, 0.3) is 0 Å². The van der Waals surface area contributed by atoms with Crippen molar-refractivity contribution in [2.24, 2.45) is 11.7 Å². The first-order valence-corrected chi connectivity index (χ1v) is 8.93. The number of hydrogen-bond acceptors (Lipinski definition) is 9. The van der Waals surface area contributed by atoms with Crippen molar-refractivity contribution in [1.29, 1.82) is 0 Å². The fourth-order valence-corrected chi connectivity index (χ4v) is 3.61. The maximum atomic E-state index is 12.2. The van der Waals surface area contributed by atoms with Crippen LogP contribution in [0.4, 0.5) is 9.59 Å². The van der Waals surface area contributed by atoms with E-state index in [4.69, 9.17) is 19.9 Å². The summed E-state index contributed by atoms with van der Waals surface area (Å²) in [5.41, 5.74) is 5.03. The predicted molar refractivity (Wildman–Crippen MR) is 88.7 cm³/mol. The Morgan fingerprint density at radius 3 is 2.62 bits per heavy atom. The molecule has 26 heavy (non-hydrogen) atoms. The van der Waals surface area contributed by atoms with E-state index in [1.54, 1.807) is 19.9 Å². The average Bonchev–Trinajstić information content (AvgIpc) is 2.56. The Kier molecular flexibility index (Phi) is 6.72. The number of amides is 2. The molecule has 0 radical (unpaired) electrons. The van der Waals surface area contributed by atoms with Gasteiger partial charge in [-0.1, -0.05) is 0 Å². The highest BCUT2D eigenvalue weighted by molar-refractivity contribution is 8.00. The third kappa shape index (κ3) is 4.81. The first-order chi connectivity index (χ1) is 12.3. The lowest BCUT2D eigenvalue weighted by Crippen LogP contribution is -2.62. The number of thioether (sulfide) groups is 1. The Bertz CT molecular complexity index is 621. The minimum atomic E-state index is -0.955. The van der Waals surface area contributed by atoms with Gasteiger partial charge >= 0.3 is 18.2 Å². The van der Waals surface area contributed by atoms with Crippen LogP contribution in [0.3, 0.4) is 0 Å². The maximum Gasteiger partial charge on any atom is 0.508 e. The van der Waals surface area contributed by atoms with E-state index in [9.17, 15) is 19.2 Å². The van der Waals surface area contributed by atoms with Crippen LogP contribution in [0.5, 0.6) is 0 Å². The molecule has 2 rings (SSSR count). The van der Waals surface area contributed by atoms with Crippen LogP contribution in [0, 0.1) is 5.92 Å². The van der Waals surface area contributed by atoms with E-state index < -0.39 is 24.1 Å². The van der Waals surface area contributed by atoms with Gasteiger partial charge in [-0.3, -0.25) is 9.69 Å². The van der Waals surface area contributed by atoms with Gasteiger partial charge in [-0.25, -0.2) is 14.4 Å². The van der Waals surface area contributed by atoms with Crippen LogP contribution >= 0.6 is 11.8 Å². The number of β-lactam (4-membered cyclic amide) rings is 1. The zero-order chi connectivity index (χ0) is 19.3. The summed E-state index contributed by atoms with van der Waals surface area (Å²) in [5.74, 6) is -1.08. The van der Waals surface area contributed by atoms with Gasteiger partial charge in [-0.2, -0.15) is 0 Å². The standard InChI is InChI=1S/C15H20N2O8S/c1-8(2)25-15(21)23-5-4-22-13(19)10-3-6-26-12-9(7-24-14(16)20)11(18)17(10)12/h3,8-9,12H,4-7H2,1-2H3,(H2,16,20)/t9?,12-/m0/s1. The molecule has 0 aromatic carbocycles. The highest BCUT2D eigenvalue weighted by Gasteiger charge is 2.52. The normalized spacial score (nSPS) is 21.3. The zero-order valence-electron chi connectivity index (χ0n) is 14.3. The van der Waals surface area contributed by atoms with Gasteiger partial charge < -0.3 is 24.7 Å². The molecule has 1 fully saturated rings. The first kappa shape index (κ1) is 19.9. The molecule has 2 amide bonds. The SMILES string of the molecule is CC(C)OC(=O)OCCOC(=O)C1=CCS[C@H]2C(COC(N)=O)C(=O)N12. The van der Waals surface area contributed by atoms with Gasteiger partial charge in [-0.15, -0.1) is 11.8 Å². The summed E-state index contributed by atoms with van der Waals surface area (Å²) in [7, 11) is 0. The first-order valence-electron chi connectivity index (χ1n) is 7.89. The molecule has 0 aromatic heterocycles. The number of nitrogens with two attached hydrogens (primary N) is 1. The monoisotopic (exact) mass is 388 g/mol. The summed E-state index contributed by atoms with van der Waals surface area (Å²) in [6, 6.07) is 0. The molecule has 2 N–H and O–H groups in total. The van der Waals surface area contributed by atoms with Crippen LogP contribution < -0.4 is 5.73 Å². The minimum Gasteiger partial charge on any atom is -0.457 e. The largest absolute Gasteiger partial charge is 0.508 e. The van der Waals surface area contributed by atoms with Crippen molar-refractivity contribution in [3.8, 4) is 0 Å². The number of esters is 1. The topological polar surface area (TPSA) is 134 Å². The van der Waals surface area contributed by atoms with E-state index in [1.165, 1.54) is 16.7 Å². The number of fused-ring (bicyclic) bond motifs is 1. The number of ether oxygens (including phenoxy) is 4. The summed E-state index contributed by atoms with van der Waals surface area (Å²) in [4.78, 5) is 47.5. The zero-order valence-corrected chi connectivity index (χ0v) is 15.2. The van der Waals surface area contributed by atoms with Crippen LogP contribution in [0.2, 0.25) is 0 Å². The van der Waals surface area contributed by atoms with Crippen molar-refractivity contribution in [2.75, 3.05) is 25.6 Å². The molecule has 0 bridgehead atoms. The minimum absolute atomic E-state index is 0.124. The van der Waals surface area contributed by atoms with Gasteiger partial charge in [0.05, 0.1) is 11.5 Å².